The van der Waals surface area contributed by atoms with Gasteiger partial charge in [0.1, 0.15) is 5.69 Å². The van der Waals surface area contributed by atoms with Crippen LogP contribution in [0.3, 0.4) is 0 Å². The summed E-state index contributed by atoms with van der Waals surface area (Å²) in [7, 11) is 0. The van der Waals surface area contributed by atoms with Gasteiger partial charge in [0.15, 0.2) is 0 Å². The second kappa shape index (κ2) is 8.22. The van der Waals surface area contributed by atoms with E-state index in [-0.39, 0.29) is 17.9 Å². The number of hydrogen-bond donors (Lipinski definition) is 2. The smallest absolute Gasteiger partial charge is 0.267 e. The van der Waals surface area contributed by atoms with Crippen LogP contribution in [-0.4, -0.2) is 29.5 Å². The summed E-state index contributed by atoms with van der Waals surface area (Å²) in [5, 5.41) is 5.61. The van der Waals surface area contributed by atoms with Crippen molar-refractivity contribution in [3.05, 3.63) is 22.4 Å². The molecule has 0 aromatic carbocycles. The highest BCUT2D eigenvalue weighted by Gasteiger charge is 2.14. The average Bonchev–Trinajstić information content (AvgIpc) is 2.78. The molecule has 2 N–H and O–H groups in total. The van der Waals surface area contributed by atoms with E-state index in [2.05, 4.69) is 26.6 Å². The summed E-state index contributed by atoms with van der Waals surface area (Å²) in [6.07, 6.45) is 2.18. The van der Waals surface area contributed by atoms with Crippen LogP contribution in [0.1, 0.15) is 50.6 Å². The first kappa shape index (κ1) is 17.8. The van der Waals surface area contributed by atoms with Crippen LogP contribution >= 0.6 is 15.9 Å². The minimum absolute atomic E-state index is 0.0376. The largest absolute Gasteiger partial charge is 0.356 e. The van der Waals surface area contributed by atoms with Gasteiger partial charge in [0, 0.05) is 36.2 Å². The van der Waals surface area contributed by atoms with Crippen molar-refractivity contribution >= 4 is 27.7 Å². The molecule has 0 atom stereocenters. The lowest BCUT2D eigenvalue weighted by molar-refractivity contribution is -0.121. The number of aromatic nitrogens is 1. The second-order valence-electron chi connectivity index (χ2n) is 5.75. The van der Waals surface area contributed by atoms with Crippen molar-refractivity contribution < 1.29 is 9.59 Å². The van der Waals surface area contributed by atoms with Gasteiger partial charge in [0.25, 0.3) is 5.91 Å². The van der Waals surface area contributed by atoms with Crippen LogP contribution in [-0.2, 0) is 4.79 Å². The summed E-state index contributed by atoms with van der Waals surface area (Å²) in [6.45, 7) is 9.12. The summed E-state index contributed by atoms with van der Waals surface area (Å²) in [4.78, 5) is 23.7. The van der Waals surface area contributed by atoms with Crippen molar-refractivity contribution in [3.8, 4) is 0 Å². The van der Waals surface area contributed by atoms with Crippen LogP contribution in [0.5, 0.6) is 0 Å². The van der Waals surface area contributed by atoms with E-state index in [1.807, 2.05) is 38.5 Å². The molecule has 1 rings (SSSR count). The molecule has 1 aromatic heterocycles. The maximum Gasteiger partial charge on any atom is 0.267 e. The third-order valence-electron chi connectivity index (χ3n) is 2.95. The molecule has 2 amide bonds. The highest BCUT2D eigenvalue weighted by atomic mass is 79.9. The maximum absolute atomic E-state index is 12.1. The molecule has 21 heavy (non-hydrogen) atoms. The van der Waals surface area contributed by atoms with Crippen molar-refractivity contribution in [2.45, 2.75) is 40.2 Å². The topological polar surface area (TPSA) is 63.1 Å². The Kier molecular flexibility index (Phi) is 6.95. The zero-order valence-corrected chi connectivity index (χ0v) is 14.7. The van der Waals surface area contributed by atoms with E-state index in [4.69, 9.17) is 0 Å². The van der Waals surface area contributed by atoms with Gasteiger partial charge in [0.2, 0.25) is 5.91 Å². The van der Waals surface area contributed by atoms with Crippen molar-refractivity contribution in [2.24, 2.45) is 5.92 Å². The van der Waals surface area contributed by atoms with E-state index in [0.29, 0.717) is 31.1 Å². The standard InChI is InChI=1S/C15H24BrN3O2/c1-10(2)8-18-14(20)5-6-17-15(21)13-7-12(16)9-19(13)11(3)4/h7,9-11H,5-6,8H2,1-4H3,(H,17,21)(H,18,20). The molecule has 1 aromatic rings. The van der Waals surface area contributed by atoms with Crippen molar-refractivity contribution in [1.29, 1.82) is 0 Å². The molecular weight excluding hydrogens is 334 g/mol. The van der Waals surface area contributed by atoms with Crippen molar-refractivity contribution in [1.82, 2.24) is 15.2 Å². The fraction of sp³-hybridized carbons (Fsp3) is 0.600. The molecule has 6 heteroatoms. The Morgan fingerprint density at radius 1 is 1.24 bits per heavy atom. The van der Waals surface area contributed by atoms with Crippen LogP contribution in [0.2, 0.25) is 0 Å². The van der Waals surface area contributed by atoms with Gasteiger partial charge in [-0.15, -0.1) is 0 Å². The Hall–Kier alpha value is -1.30. The summed E-state index contributed by atoms with van der Waals surface area (Å²) in [5.41, 5.74) is 0.597. The number of nitrogens with zero attached hydrogens (tertiary/aromatic N) is 1. The highest BCUT2D eigenvalue weighted by molar-refractivity contribution is 9.10. The fourth-order valence-electron chi connectivity index (χ4n) is 1.84. The number of halogens is 1. The lowest BCUT2D eigenvalue weighted by atomic mass is 10.2. The number of carbonyl (C=O) groups is 2. The van der Waals surface area contributed by atoms with Gasteiger partial charge in [-0.1, -0.05) is 13.8 Å². The molecule has 0 saturated carbocycles. The fourth-order valence-corrected chi connectivity index (χ4v) is 2.28. The van der Waals surface area contributed by atoms with Crippen molar-refractivity contribution in [2.75, 3.05) is 13.1 Å². The third kappa shape index (κ3) is 5.91. The van der Waals surface area contributed by atoms with Crippen LogP contribution in [0.25, 0.3) is 0 Å². The molecule has 0 aliphatic heterocycles. The van der Waals surface area contributed by atoms with Crippen molar-refractivity contribution in [3.63, 3.8) is 0 Å². The first-order valence-corrected chi connectivity index (χ1v) is 8.02. The number of carbonyl (C=O) groups excluding carboxylic acids is 2. The van der Waals surface area contributed by atoms with E-state index in [9.17, 15) is 9.59 Å². The van der Waals surface area contributed by atoms with Crippen LogP contribution in [0, 0.1) is 5.92 Å². The Bertz CT molecular complexity index is 495. The molecule has 0 spiro atoms. The molecule has 0 bridgehead atoms. The number of amides is 2. The van der Waals surface area contributed by atoms with E-state index >= 15 is 0 Å². The lowest BCUT2D eigenvalue weighted by Crippen LogP contribution is -2.33. The molecule has 0 radical (unpaired) electrons. The molecule has 0 saturated heterocycles. The molecule has 118 valence electrons. The summed E-state index contributed by atoms with van der Waals surface area (Å²) in [5.74, 6) is 0.227. The molecule has 0 aliphatic rings. The van der Waals surface area contributed by atoms with Gasteiger partial charge in [-0.05, 0) is 41.8 Å². The zero-order chi connectivity index (χ0) is 16.0. The predicted molar refractivity (Wildman–Crippen MR) is 87.3 cm³/mol. The Balaban J connectivity index is 2.46. The van der Waals surface area contributed by atoms with Crippen LogP contribution in [0.15, 0.2) is 16.7 Å². The first-order chi connectivity index (χ1) is 9.81. The molecule has 0 aliphatic carbocycles. The number of hydrogen-bond acceptors (Lipinski definition) is 2. The Morgan fingerprint density at radius 2 is 1.90 bits per heavy atom. The molecule has 1 heterocycles. The molecular formula is C15H24BrN3O2. The lowest BCUT2D eigenvalue weighted by Gasteiger charge is -2.13. The molecule has 5 nitrogen and oxygen atoms in total. The predicted octanol–water partition coefficient (Wildman–Crippen LogP) is 2.72. The monoisotopic (exact) mass is 357 g/mol. The van der Waals surface area contributed by atoms with E-state index in [0.717, 1.165) is 4.47 Å². The van der Waals surface area contributed by atoms with E-state index < -0.39 is 0 Å². The zero-order valence-electron chi connectivity index (χ0n) is 13.1. The Labute approximate surface area is 134 Å². The van der Waals surface area contributed by atoms with Gasteiger partial charge in [0.05, 0.1) is 0 Å². The average molecular weight is 358 g/mol. The van der Waals surface area contributed by atoms with Crippen LogP contribution in [0.4, 0.5) is 0 Å². The molecule has 0 fully saturated rings. The maximum atomic E-state index is 12.1. The van der Waals surface area contributed by atoms with E-state index in [1.54, 1.807) is 6.07 Å². The molecule has 0 unspecified atom stereocenters. The first-order valence-electron chi connectivity index (χ1n) is 7.23. The third-order valence-corrected chi connectivity index (χ3v) is 3.38. The Morgan fingerprint density at radius 3 is 2.48 bits per heavy atom. The van der Waals surface area contributed by atoms with Crippen LogP contribution < -0.4 is 10.6 Å². The highest BCUT2D eigenvalue weighted by Crippen LogP contribution is 2.19. The van der Waals surface area contributed by atoms with Gasteiger partial charge in [-0.3, -0.25) is 9.59 Å². The summed E-state index contributed by atoms with van der Waals surface area (Å²) < 4.78 is 2.77. The van der Waals surface area contributed by atoms with E-state index in [1.165, 1.54) is 0 Å². The quantitative estimate of drug-likeness (QED) is 0.787. The summed E-state index contributed by atoms with van der Waals surface area (Å²) in [6, 6.07) is 1.99. The van der Waals surface area contributed by atoms with Gasteiger partial charge >= 0.3 is 0 Å². The van der Waals surface area contributed by atoms with Gasteiger partial charge in [-0.25, -0.2) is 0 Å². The van der Waals surface area contributed by atoms with Gasteiger partial charge < -0.3 is 15.2 Å². The SMILES string of the molecule is CC(C)CNC(=O)CCNC(=O)c1cc(Br)cn1C(C)C. The minimum atomic E-state index is -0.161. The minimum Gasteiger partial charge on any atom is -0.356 e. The van der Waals surface area contributed by atoms with Gasteiger partial charge in [-0.2, -0.15) is 0 Å². The number of nitrogens with one attached hydrogen (secondary N) is 2. The second-order valence-corrected chi connectivity index (χ2v) is 6.66. The number of rotatable bonds is 7. The summed E-state index contributed by atoms with van der Waals surface area (Å²) >= 11 is 3.38. The normalized spacial score (nSPS) is 11.0.